The van der Waals surface area contributed by atoms with Crippen molar-refractivity contribution in [3.63, 3.8) is 0 Å². The van der Waals surface area contributed by atoms with Crippen LogP contribution in [0, 0.1) is 11.8 Å². The molecular formula is C37H43N3O7. The first-order valence-electron chi connectivity index (χ1n) is 16.5. The Labute approximate surface area is 275 Å². The Kier molecular flexibility index (Phi) is 9.34. The first-order valence-corrected chi connectivity index (χ1v) is 16.5. The van der Waals surface area contributed by atoms with Crippen LogP contribution in [-0.2, 0) is 35.2 Å². The Morgan fingerprint density at radius 1 is 0.979 bits per heavy atom. The second-order valence-electron chi connectivity index (χ2n) is 12.9. The summed E-state index contributed by atoms with van der Waals surface area (Å²) < 4.78 is 12.8. The second-order valence-corrected chi connectivity index (χ2v) is 12.9. The van der Waals surface area contributed by atoms with Gasteiger partial charge in [-0.2, -0.15) is 0 Å². The van der Waals surface area contributed by atoms with E-state index in [9.17, 15) is 24.3 Å². The quantitative estimate of drug-likeness (QED) is 0.380. The molecule has 8 atom stereocenters. The SMILES string of the molecule is CC[C@@H](CO)N1C(=O)[C@H]2[C@@H]3C(=O)O[C@H](c4ccccc4)[C@@H](C)N(C)C(=O)CC/C=C\CN(Cc4ccccc4)C(=O)[C@H]1[C@@]21C=C[C@@H]3O1. The molecule has 0 aliphatic carbocycles. The number of likely N-dealkylation sites (tertiary alicyclic amines) is 1. The molecule has 2 saturated heterocycles. The third-order valence-electron chi connectivity index (χ3n) is 10.3. The number of aliphatic hydroxyl groups is 1. The average molecular weight is 642 g/mol. The Bertz CT molecular complexity index is 1540. The highest BCUT2D eigenvalue weighted by atomic mass is 16.6. The number of rotatable bonds is 6. The molecule has 2 fully saturated rings. The van der Waals surface area contributed by atoms with E-state index in [1.165, 1.54) is 4.90 Å². The molecule has 248 valence electrons. The fourth-order valence-electron chi connectivity index (χ4n) is 7.60. The number of amides is 3. The van der Waals surface area contributed by atoms with Gasteiger partial charge in [0.1, 0.15) is 23.7 Å². The van der Waals surface area contributed by atoms with Crippen molar-refractivity contribution in [2.24, 2.45) is 11.8 Å². The van der Waals surface area contributed by atoms with Crippen molar-refractivity contribution in [1.82, 2.24) is 14.7 Å². The number of hydrogen-bond donors (Lipinski definition) is 1. The number of carbonyl (C=O) groups is 4. The van der Waals surface area contributed by atoms with Gasteiger partial charge >= 0.3 is 5.97 Å². The maximum atomic E-state index is 14.8. The van der Waals surface area contributed by atoms with Gasteiger partial charge in [-0.3, -0.25) is 19.2 Å². The molecule has 1 N–H and O–H groups in total. The van der Waals surface area contributed by atoms with Gasteiger partial charge in [-0.1, -0.05) is 91.9 Å². The Morgan fingerprint density at radius 3 is 2.36 bits per heavy atom. The van der Waals surface area contributed by atoms with Gasteiger partial charge in [0, 0.05) is 26.6 Å². The summed E-state index contributed by atoms with van der Waals surface area (Å²) in [6.45, 7) is 3.86. The van der Waals surface area contributed by atoms with Crippen LogP contribution in [0.1, 0.15) is 50.3 Å². The summed E-state index contributed by atoms with van der Waals surface area (Å²) >= 11 is 0. The fourth-order valence-corrected chi connectivity index (χ4v) is 7.60. The number of hydrogen-bond acceptors (Lipinski definition) is 7. The number of likely N-dealkylation sites (N-methyl/N-ethyl adjacent to an activating group) is 1. The molecule has 10 heteroatoms. The van der Waals surface area contributed by atoms with E-state index in [0.717, 1.165) is 11.1 Å². The van der Waals surface area contributed by atoms with E-state index in [-0.39, 0.29) is 37.9 Å². The summed E-state index contributed by atoms with van der Waals surface area (Å²) in [5, 5.41) is 10.4. The molecule has 0 unspecified atom stereocenters. The molecule has 6 rings (SSSR count). The maximum absolute atomic E-state index is 14.8. The monoisotopic (exact) mass is 641 g/mol. The van der Waals surface area contributed by atoms with E-state index in [2.05, 4.69) is 0 Å². The minimum absolute atomic E-state index is 0.106. The van der Waals surface area contributed by atoms with Gasteiger partial charge in [0.15, 0.2) is 0 Å². The van der Waals surface area contributed by atoms with Crippen LogP contribution in [0.3, 0.4) is 0 Å². The number of aliphatic hydroxyl groups excluding tert-OH is 1. The van der Waals surface area contributed by atoms with Gasteiger partial charge in [-0.15, -0.1) is 0 Å². The van der Waals surface area contributed by atoms with Gasteiger partial charge < -0.3 is 29.3 Å². The smallest absolute Gasteiger partial charge is 0.313 e. The molecule has 0 aromatic heterocycles. The molecule has 47 heavy (non-hydrogen) atoms. The van der Waals surface area contributed by atoms with Gasteiger partial charge in [-0.25, -0.2) is 0 Å². The summed E-state index contributed by atoms with van der Waals surface area (Å²) in [5.74, 6) is -3.51. The van der Waals surface area contributed by atoms with Crippen molar-refractivity contribution in [1.29, 1.82) is 0 Å². The van der Waals surface area contributed by atoms with Crippen LogP contribution in [0.2, 0.25) is 0 Å². The van der Waals surface area contributed by atoms with Crippen molar-refractivity contribution in [2.75, 3.05) is 20.2 Å². The van der Waals surface area contributed by atoms with E-state index in [1.54, 1.807) is 29.0 Å². The highest BCUT2D eigenvalue weighted by Gasteiger charge is 2.74. The van der Waals surface area contributed by atoms with E-state index in [4.69, 9.17) is 9.47 Å². The predicted molar refractivity (Wildman–Crippen MR) is 173 cm³/mol. The van der Waals surface area contributed by atoms with Crippen LogP contribution in [0.25, 0.3) is 0 Å². The number of esters is 1. The number of nitrogens with zero attached hydrogens (tertiary/aromatic N) is 3. The zero-order chi connectivity index (χ0) is 33.3. The summed E-state index contributed by atoms with van der Waals surface area (Å²) in [5.41, 5.74) is 0.222. The number of carbonyl (C=O) groups excluding carboxylic acids is 4. The third-order valence-corrected chi connectivity index (χ3v) is 10.3. The lowest BCUT2D eigenvalue weighted by Gasteiger charge is -2.38. The largest absolute Gasteiger partial charge is 0.455 e. The summed E-state index contributed by atoms with van der Waals surface area (Å²) in [6.07, 6.45) is 6.82. The molecule has 0 saturated carbocycles. The molecule has 4 heterocycles. The topological polar surface area (TPSA) is 117 Å². The summed E-state index contributed by atoms with van der Waals surface area (Å²) in [4.78, 5) is 61.7. The highest BCUT2D eigenvalue weighted by molar-refractivity contribution is 5.99. The van der Waals surface area contributed by atoms with Crippen molar-refractivity contribution in [3.8, 4) is 0 Å². The van der Waals surface area contributed by atoms with Crippen molar-refractivity contribution >= 4 is 23.7 Å². The van der Waals surface area contributed by atoms with Crippen molar-refractivity contribution in [2.45, 2.75) is 75.6 Å². The van der Waals surface area contributed by atoms with E-state index >= 15 is 0 Å². The summed E-state index contributed by atoms with van der Waals surface area (Å²) in [7, 11) is 1.70. The standard InChI is InChI=1S/C37H43N3O7/c1-4-27(23-41)40-33-35(44)39(22-25-14-8-5-9-15-25)21-13-7-12-18-29(42)38(3)24(2)32(26-16-10-6-11-17-26)46-36(45)30-28-19-20-37(33,47-28)31(30)34(40)43/h5-11,13-17,19-20,24,27-28,30-33,41H,4,12,18,21-23H2,1-3H3/b13-7-/t24-,27+,28+,30-,31-,32+,33+,37-/m1/s1. The number of ether oxygens (including phenoxy) is 2. The van der Waals surface area contributed by atoms with E-state index < -0.39 is 59.6 Å². The zero-order valence-electron chi connectivity index (χ0n) is 27.1. The average Bonchev–Trinajstić information content (AvgIpc) is 3.74. The molecular weight excluding hydrogens is 598 g/mol. The van der Waals surface area contributed by atoms with Crippen LogP contribution in [0.4, 0.5) is 0 Å². The minimum Gasteiger partial charge on any atom is -0.455 e. The summed E-state index contributed by atoms with van der Waals surface area (Å²) in [6, 6.07) is 16.6. The van der Waals surface area contributed by atoms with Crippen LogP contribution in [0.5, 0.6) is 0 Å². The number of cyclic esters (lactones) is 1. The molecule has 10 nitrogen and oxygen atoms in total. The highest BCUT2D eigenvalue weighted by Crippen LogP contribution is 2.56. The molecule has 2 aromatic carbocycles. The lowest BCUT2D eigenvalue weighted by Crippen LogP contribution is -2.58. The minimum atomic E-state index is -1.40. The first-order chi connectivity index (χ1) is 22.7. The molecule has 3 amide bonds. The van der Waals surface area contributed by atoms with Gasteiger partial charge in [-0.05, 0) is 30.9 Å². The fraction of sp³-hybridized carbons (Fsp3) is 0.459. The van der Waals surface area contributed by atoms with Crippen molar-refractivity contribution < 1.29 is 33.8 Å². The number of benzene rings is 2. The normalized spacial score (nSPS) is 32.5. The van der Waals surface area contributed by atoms with Crippen LogP contribution in [0.15, 0.2) is 85.0 Å². The first kappa shape index (κ1) is 32.7. The van der Waals surface area contributed by atoms with E-state index in [0.29, 0.717) is 12.8 Å². The Balaban J connectivity index is 1.45. The number of allylic oxidation sites excluding steroid dienone is 1. The Morgan fingerprint density at radius 2 is 1.68 bits per heavy atom. The van der Waals surface area contributed by atoms with Gasteiger partial charge in [0.05, 0.1) is 30.7 Å². The van der Waals surface area contributed by atoms with Crippen molar-refractivity contribution in [3.05, 3.63) is 96.1 Å². The predicted octanol–water partition coefficient (Wildman–Crippen LogP) is 3.42. The maximum Gasteiger partial charge on any atom is 0.313 e. The Hall–Kier alpha value is -4.28. The second kappa shape index (κ2) is 13.4. The molecule has 4 aliphatic rings. The van der Waals surface area contributed by atoms with Crippen LogP contribution >= 0.6 is 0 Å². The molecule has 4 aliphatic heterocycles. The lowest BCUT2D eigenvalue weighted by atomic mass is 9.74. The van der Waals surface area contributed by atoms with Crippen LogP contribution < -0.4 is 0 Å². The van der Waals surface area contributed by atoms with Gasteiger partial charge in [0.25, 0.3) is 0 Å². The van der Waals surface area contributed by atoms with E-state index in [1.807, 2.05) is 86.7 Å². The molecule has 1 spiro atoms. The third kappa shape index (κ3) is 5.78. The zero-order valence-corrected chi connectivity index (χ0v) is 27.1. The molecule has 2 aromatic rings. The molecule has 0 radical (unpaired) electrons. The molecule has 5 bridgehead atoms. The lowest BCUT2D eigenvalue weighted by molar-refractivity contribution is -0.164. The van der Waals surface area contributed by atoms with Gasteiger partial charge in [0.2, 0.25) is 17.7 Å². The number of fused-ring (bicyclic) bond motifs is 2. The van der Waals surface area contributed by atoms with Crippen LogP contribution in [-0.4, -0.2) is 93.5 Å².